The molecule has 1 aromatic rings. The van der Waals surface area contributed by atoms with Crippen LogP contribution in [0.4, 0.5) is 13.2 Å². The van der Waals surface area contributed by atoms with Crippen molar-refractivity contribution in [2.45, 2.75) is 18.5 Å². The van der Waals surface area contributed by atoms with Crippen molar-refractivity contribution >= 4 is 11.3 Å². The molecule has 0 saturated heterocycles. The summed E-state index contributed by atoms with van der Waals surface area (Å²) in [7, 11) is 0. The Balaban J connectivity index is 2.72. The van der Waals surface area contributed by atoms with Crippen molar-refractivity contribution in [3.63, 3.8) is 0 Å². The fourth-order valence-electron chi connectivity index (χ4n) is 0.931. The average Bonchev–Trinajstić information content (AvgIpc) is 2.50. The Morgan fingerprint density at radius 1 is 1.54 bits per heavy atom. The Hall–Kier alpha value is -1.02. The molecule has 1 rings (SSSR count). The van der Waals surface area contributed by atoms with E-state index in [1.54, 1.807) is 23.6 Å². The summed E-state index contributed by atoms with van der Waals surface area (Å²) in [5.74, 6) is -1.06. The van der Waals surface area contributed by atoms with E-state index < -0.39 is 18.5 Å². The highest BCUT2D eigenvalue weighted by Gasteiger charge is 2.32. The molecule has 1 atom stereocenters. The second kappa shape index (κ2) is 3.79. The van der Waals surface area contributed by atoms with Gasteiger partial charge in [0, 0.05) is 4.88 Å². The molecule has 13 heavy (non-hydrogen) atoms. The molecular formula is C8H6F3NS. The maximum absolute atomic E-state index is 11.9. The van der Waals surface area contributed by atoms with E-state index in [0.29, 0.717) is 4.88 Å². The first-order valence-electron chi connectivity index (χ1n) is 3.52. The average molecular weight is 205 g/mol. The molecule has 1 heterocycles. The van der Waals surface area contributed by atoms with Crippen LogP contribution in [0.15, 0.2) is 17.5 Å². The van der Waals surface area contributed by atoms with Gasteiger partial charge >= 0.3 is 6.18 Å². The number of hydrogen-bond donors (Lipinski definition) is 0. The molecule has 0 aliphatic heterocycles. The monoisotopic (exact) mass is 205 g/mol. The molecule has 0 aliphatic rings. The van der Waals surface area contributed by atoms with Crippen LogP contribution in [0.25, 0.3) is 0 Å². The minimum Gasteiger partial charge on any atom is -0.198 e. The summed E-state index contributed by atoms with van der Waals surface area (Å²) >= 11 is 1.17. The third-order valence-electron chi connectivity index (χ3n) is 1.48. The van der Waals surface area contributed by atoms with Gasteiger partial charge in [-0.2, -0.15) is 18.4 Å². The van der Waals surface area contributed by atoms with Crippen LogP contribution in [0.2, 0.25) is 0 Å². The first kappa shape index (κ1) is 10.1. The second-order valence-electron chi connectivity index (χ2n) is 2.52. The number of thiophene rings is 1. The van der Waals surface area contributed by atoms with Crippen molar-refractivity contribution in [2.75, 3.05) is 0 Å². The smallest absolute Gasteiger partial charge is 0.198 e. The molecular weight excluding hydrogens is 199 g/mol. The van der Waals surface area contributed by atoms with Gasteiger partial charge in [0.15, 0.2) is 0 Å². The summed E-state index contributed by atoms with van der Waals surface area (Å²) in [5.41, 5.74) is 0. The highest BCUT2D eigenvalue weighted by Crippen LogP contribution is 2.32. The van der Waals surface area contributed by atoms with Crippen LogP contribution in [0.5, 0.6) is 0 Å². The van der Waals surface area contributed by atoms with Gasteiger partial charge in [0.25, 0.3) is 0 Å². The minimum absolute atomic E-state index is 0.472. The van der Waals surface area contributed by atoms with Crippen LogP contribution in [0.1, 0.15) is 17.2 Å². The van der Waals surface area contributed by atoms with Crippen LogP contribution in [0, 0.1) is 11.3 Å². The lowest BCUT2D eigenvalue weighted by atomic mass is 10.1. The first-order chi connectivity index (χ1) is 6.03. The van der Waals surface area contributed by atoms with Gasteiger partial charge in [-0.1, -0.05) is 6.07 Å². The number of halogens is 3. The predicted octanol–water partition coefficient (Wildman–Crippen LogP) is 3.31. The summed E-state index contributed by atoms with van der Waals surface area (Å²) in [6.07, 6.45) is -5.34. The molecule has 1 nitrogen and oxygen atoms in total. The molecule has 0 radical (unpaired) electrons. The largest absolute Gasteiger partial charge is 0.390 e. The molecule has 70 valence electrons. The van der Waals surface area contributed by atoms with Crippen LogP contribution in [0.3, 0.4) is 0 Å². The number of rotatable bonds is 2. The molecule has 1 aromatic heterocycles. The van der Waals surface area contributed by atoms with Gasteiger partial charge < -0.3 is 0 Å². The second-order valence-corrected chi connectivity index (χ2v) is 3.50. The van der Waals surface area contributed by atoms with Crippen LogP contribution >= 0.6 is 11.3 Å². The molecule has 0 unspecified atom stereocenters. The molecule has 0 saturated carbocycles. The lowest BCUT2D eigenvalue weighted by Crippen LogP contribution is -2.12. The summed E-state index contributed by atoms with van der Waals surface area (Å²) in [5, 5.41) is 10.2. The number of hydrogen-bond acceptors (Lipinski definition) is 2. The summed E-state index contributed by atoms with van der Waals surface area (Å²) in [6.45, 7) is 0. The Labute approximate surface area is 77.4 Å². The van der Waals surface area contributed by atoms with Crippen molar-refractivity contribution in [1.29, 1.82) is 5.26 Å². The van der Waals surface area contributed by atoms with Gasteiger partial charge in [-0.15, -0.1) is 11.3 Å². The van der Waals surface area contributed by atoms with Crippen molar-refractivity contribution < 1.29 is 13.2 Å². The Kier molecular flexibility index (Phi) is 2.94. The first-order valence-corrected chi connectivity index (χ1v) is 4.40. The van der Waals surface area contributed by atoms with E-state index in [4.69, 9.17) is 5.26 Å². The fourth-order valence-corrected chi connectivity index (χ4v) is 1.70. The van der Waals surface area contributed by atoms with E-state index in [-0.39, 0.29) is 0 Å². The topological polar surface area (TPSA) is 23.8 Å². The van der Waals surface area contributed by atoms with E-state index in [9.17, 15) is 13.2 Å². The van der Waals surface area contributed by atoms with Crippen LogP contribution in [-0.4, -0.2) is 6.18 Å². The number of alkyl halides is 3. The van der Waals surface area contributed by atoms with Crippen molar-refractivity contribution in [2.24, 2.45) is 0 Å². The quantitative estimate of drug-likeness (QED) is 0.726. The van der Waals surface area contributed by atoms with Gasteiger partial charge in [-0.3, -0.25) is 0 Å². The summed E-state index contributed by atoms with van der Waals surface area (Å²) < 4.78 is 35.8. The van der Waals surface area contributed by atoms with Gasteiger partial charge in [-0.05, 0) is 11.4 Å². The van der Waals surface area contributed by atoms with E-state index >= 15 is 0 Å². The predicted molar refractivity (Wildman–Crippen MR) is 43.3 cm³/mol. The molecule has 0 N–H and O–H groups in total. The molecule has 0 amide bonds. The lowest BCUT2D eigenvalue weighted by molar-refractivity contribution is -0.135. The maximum Gasteiger partial charge on any atom is 0.390 e. The van der Waals surface area contributed by atoms with Crippen molar-refractivity contribution in [1.82, 2.24) is 0 Å². The maximum atomic E-state index is 11.9. The number of nitriles is 1. The van der Waals surface area contributed by atoms with Crippen LogP contribution in [-0.2, 0) is 0 Å². The third-order valence-corrected chi connectivity index (χ3v) is 2.46. The summed E-state index contributed by atoms with van der Waals surface area (Å²) in [4.78, 5) is 0.472. The molecule has 0 aliphatic carbocycles. The Morgan fingerprint density at radius 2 is 2.23 bits per heavy atom. The highest BCUT2D eigenvalue weighted by molar-refractivity contribution is 7.10. The van der Waals surface area contributed by atoms with Gasteiger partial charge in [0.05, 0.1) is 18.4 Å². The molecule has 0 spiro atoms. The molecule has 0 fully saturated rings. The van der Waals surface area contributed by atoms with Gasteiger partial charge in [0.1, 0.15) is 0 Å². The van der Waals surface area contributed by atoms with Gasteiger partial charge in [0.2, 0.25) is 0 Å². The Bertz CT molecular complexity index is 296. The van der Waals surface area contributed by atoms with E-state index in [1.807, 2.05) is 0 Å². The highest BCUT2D eigenvalue weighted by atomic mass is 32.1. The SMILES string of the molecule is N#C[C@@H](CC(F)(F)F)c1cccs1. The molecule has 5 heteroatoms. The van der Waals surface area contributed by atoms with Gasteiger partial charge in [-0.25, -0.2) is 0 Å². The van der Waals surface area contributed by atoms with E-state index in [2.05, 4.69) is 0 Å². The lowest BCUT2D eigenvalue weighted by Gasteiger charge is -2.09. The minimum atomic E-state index is -4.27. The van der Waals surface area contributed by atoms with Crippen molar-refractivity contribution in [3.05, 3.63) is 22.4 Å². The normalized spacial score (nSPS) is 13.7. The zero-order valence-corrected chi connectivity index (χ0v) is 7.32. The fraction of sp³-hybridized carbons (Fsp3) is 0.375. The van der Waals surface area contributed by atoms with E-state index in [0.717, 1.165) is 0 Å². The number of nitrogens with zero attached hydrogens (tertiary/aromatic N) is 1. The Morgan fingerprint density at radius 3 is 2.62 bits per heavy atom. The third kappa shape index (κ3) is 3.07. The zero-order chi connectivity index (χ0) is 9.90. The van der Waals surface area contributed by atoms with Crippen LogP contribution < -0.4 is 0 Å². The molecule has 0 bridgehead atoms. The van der Waals surface area contributed by atoms with Crippen molar-refractivity contribution in [3.8, 4) is 6.07 Å². The summed E-state index contributed by atoms with van der Waals surface area (Å²) in [6, 6.07) is 4.84. The molecule has 0 aromatic carbocycles. The standard InChI is InChI=1S/C8H6F3NS/c9-8(10,11)4-6(5-12)7-2-1-3-13-7/h1-3,6H,4H2/t6-/m1/s1. The van der Waals surface area contributed by atoms with E-state index in [1.165, 1.54) is 11.3 Å². The zero-order valence-electron chi connectivity index (χ0n) is 6.51.